The number of amides is 1. The molecular formula is C17H23N5O. The number of aryl methyl sites for hydroxylation is 1. The summed E-state index contributed by atoms with van der Waals surface area (Å²) in [7, 11) is 0. The van der Waals surface area contributed by atoms with Crippen molar-refractivity contribution in [1.29, 1.82) is 0 Å². The molecule has 1 amide bonds. The van der Waals surface area contributed by atoms with Crippen LogP contribution in [0.25, 0.3) is 5.69 Å². The lowest BCUT2D eigenvalue weighted by Gasteiger charge is -2.39. The first-order valence-electron chi connectivity index (χ1n) is 8.10. The van der Waals surface area contributed by atoms with E-state index in [2.05, 4.69) is 17.1 Å². The Labute approximate surface area is 136 Å². The first-order valence-corrected chi connectivity index (χ1v) is 8.10. The zero-order chi connectivity index (χ0) is 16.4. The zero-order valence-corrected chi connectivity index (χ0v) is 13.6. The van der Waals surface area contributed by atoms with Gasteiger partial charge in [-0.15, -0.1) is 0 Å². The van der Waals surface area contributed by atoms with Crippen LogP contribution in [0.4, 0.5) is 0 Å². The second kappa shape index (κ2) is 6.50. The van der Waals surface area contributed by atoms with Gasteiger partial charge in [-0.3, -0.25) is 4.79 Å². The number of piperidine rings is 1. The highest BCUT2D eigenvalue weighted by atomic mass is 16.2. The molecule has 0 saturated carbocycles. The molecule has 23 heavy (non-hydrogen) atoms. The van der Waals surface area contributed by atoms with E-state index < -0.39 is 0 Å². The smallest absolute Gasteiger partial charge is 0.256 e. The molecule has 2 aromatic rings. The minimum atomic E-state index is 0.0132. The third-order valence-corrected chi connectivity index (χ3v) is 4.64. The highest BCUT2D eigenvalue weighted by Gasteiger charge is 2.32. The van der Waals surface area contributed by atoms with Crippen LogP contribution < -0.4 is 5.73 Å². The van der Waals surface area contributed by atoms with E-state index in [1.807, 2.05) is 30.0 Å². The van der Waals surface area contributed by atoms with Gasteiger partial charge in [-0.25, -0.2) is 0 Å². The summed E-state index contributed by atoms with van der Waals surface area (Å²) in [6.07, 6.45) is 5.36. The largest absolute Gasteiger partial charge is 0.334 e. The minimum absolute atomic E-state index is 0.0132. The van der Waals surface area contributed by atoms with Crippen LogP contribution in [0.15, 0.2) is 30.6 Å². The topological polar surface area (TPSA) is 77.0 Å². The summed E-state index contributed by atoms with van der Waals surface area (Å²) >= 11 is 0. The number of hydrogen-bond donors (Lipinski definition) is 1. The molecule has 0 unspecified atom stereocenters. The van der Waals surface area contributed by atoms with Crippen molar-refractivity contribution in [1.82, 2.24) is 19.9 Å². The number of carbonyl (C=O) groups excluding carboxylic acids is 1. The van der Waals surface area contributed by atoms with Crippen LogP contribution in [0.2, 0.25) is 0 Å². The van der Waals surface area contributed by atoms with Gasteiger partial charge in [0.15, 0.2) is 0 Å². The number of likely N-dealkylation sites (tertiary alicyclic amines) is 1. The van der Waals surface area contributed by atoms with Crippen molar-refractivity contribution >= 4 is 5.91 Å². The maximum absolute atomic E-state index is 13.1. The number of carbonyl (C=O) groups is 1. The molecule has 2 heterocycles. The molecule has 0 spiro atoms. The molecule has 1 aromatic carbocycles. The van der Waals surface area contributed by atoms with Crippen LogP contribution in [0.1, 0.15) is 35.7 Å². The lowest BCUT2D eigenvalue weighted by Crippen LogP contribution is -2.51. The minimum Gasteiger partial charge on any atom is -0.334 e. The number of aromatic nitrogens is 3. The summed E-state index contributed by atoms with van der Waals surface area (Å²) in [6, 6.07) is 5.85. The molecule has 6 heteroatoms. The van der Waals surface area contributed by atoms with E-state index in [0.29, 0.717) is 23.7 Å². The maximum atomic E-state index is 13.1. The van der Waals surface area contributed by atoms with E-state index in [4.69, 9.17) is 5.73 Å². The molecule has 3 rings (SSSR count). The Morgan fingerprint density at radius 1 is 1.35 bits per heavy atom. The second-order valence-corrected chi connectivity index (χ2v) is 6.26. The first-order chi connectivity index (χ1) is 11.1. The molecule has 0 aliphatic carbocycles. The van der Waals surface area contributed by atoms with Crippen LogP contribution in [-0.4, -0.2) is 44.9 Å². The van der Waals surface area contributed by atoms with Crippen molar-refractivity contribution in [3.8, 4) is 5.69 Å². The van der Waals surface area contributed by atoms with Crippen molar-refractivity contribution in [3.63, 3.8) is 0 Å². The first kappa shape index (κ1) is 15.7. The third-order valence-electron chi connectivity index (χ3n) is 4.64. The maximum Gasteiger partial charge on any atom is 0.256 e. The Morgan fingerprint density at radius 2 is 2.09 bits per heavy atom. The summed E-state index contributed by atoms with van der Waals surface area (Å²) in [5.74, 6) is 0.439. The van der Waals surface area contributed by atoms with E-state index in [0.717, 1.165) is 24.9 Å². The van der Waals surface area contributed by atoms with E-state index in [-0.39, 0.29) is 11.9 Å². The molecule has 122 valence electrons. The van der Waals surface area contributed by atoms with Crippen molar-refractivity contribution < 1.29 is 4.79 Å². The van der Waals surface area contributed by atoms with Gasteiger partial charge in [-0.1, -0.05) is 13.0 Å². The fourth-order valence-corrected chi connectivity index (χ4v) is 3.34. The summed E-state index contributed by atoms with van der Waals surface area (Å²) in [6.45, 7) is 5.41. The summed E-state index contributed by atoms with van der Waals surface area (Å²) in [5.41, 5.74) is 8.34. The van der Waals surface area contributed by atoms with Gasteiger partial charge in [-0.05, 0) is 43.4 Å². The summed E-state index contributed by atoms with van der Waals surface area (Å²) in [4.78, 5) is 16.6. The predicted molar refractivity (Wildman–Crippen MR) is 88.4 cm³/mol. The van der Waals surface area contributed by atoms with Gasteiger partial charge in [0.05, 0.1) is 23.6 Å². The van der Waals surface area contributed by atoms with Crippen LogP contribution in [0.5, 0.6) is 0 Å². The van der Waals surface area contributed by atoms with Gasteiger partial charge >= 0.3 is 0 Å². The van der Waals surface area contributed by atoms with Crippen molar-refractivity contribution in [3.05, 3.63) is 41.7 Å². The number of hydrogen-bond acceptors (Lipinski definition) is 4. The van der Waals surface area contributed by atoms with Gasteiger partial charge in [0.25, 0.3) is 5.91 Å². The van der Waals surface area contributed by atoms with E-state index in [1.165, 1.54) is 4.80 Å². The van der Waals surface area contributed by atoms with Gasteiger partial charge in [0, 0.05) is 19.1 Å². The predicted octanol–water partition coefficient (Wildman–Crippen LogP) is 1.78. The third kappa shape index (κ3) is 2.99. The number of rotatable bonds is 3. The highest BCUT2D eigenvalue weighted by molar-refractivity contribution is 5.98. The Balaban J connectivity index is 1.99. The summed E-state index contributed by atoms with van der Waals surface area (Å²) in [5, 5.41) is 8.36. The number of nitrogens with zero attached hydrogens (tertiary/aromatic N) is 4. The van der Waals surface area contributed by atoms with E-state index in [9.17, 15) is 4.79 Å². The highest BCUT2D eigenvalue weighted by Crippen LogP contribution is 2.26. The Morgan fingerprint density at radius 3 is 2.78 bits per heavy atom. The van der Waals surface area contributed by atoms with Crippen LogP contribution in [0, 0.1) is 12.8 Å². The van der Waals surface area contributed by atoms with Gasteiger partial charge < -0.3 is 10.6 Å². The quantitative estimate of drug-likeness (QED) is 0.937. The van der Waals surface area contributed by atoms with Crippen molar-refractivity contribution in [2.75, 3.05) is 13.1 Å². The molecule has 6 nitrogen and oxygen atoms in total. The Hall–Kier alpha value is -2.21. The van der Waals surface area contributed by atoms with Gasteiger partial charge in [-0.2, -0.15) is 15.0 Å². The summed E-state index contributed by atoms with van der Waals surface area (Å²) < 4.78 is 0. The molecule has 0 radical (unpaired) electrons. The number of benzene rings is 1. The zero-order valence-electron chi connectivity index (χ0n) is 13.6. The van der Waals surface area contributed by atoms with Crippen molar-refractivity contribution in [2.24, 2.45) is 11.7 Å². The molecule has 2 N–H and O–H groups in total. The molecule has 1 saturated heterocycles. The monoisotopic (exact) mass is 313 g/mol. The lowest BCUT2D eigenvalue weighted by molar-refractivity contribution is 0.0532. The normalized spacial score (nSPS) is 21.4. The Kier molecular flexibility index (Phi) is 4.43. The standard InChI is InChI=1S/C17H23N5O/c1-12-5-6-14(15(10-12)22-19-7-8-20-22)17(23)21-9-3-4-13(2)16(21)11-18/h5-8,10,13,16H,3-4,9,11,18H2,1-2H3/t13-,16-/m1/s1. The van der Waals surface area contributed by atoms with Crippen LogP contribution in [0.3, 0.4) is 0 Å². The van der Waals surface area contributed by atoms with Crippen molar-refractivity contribution in [2.45, 2.75) is 32.7 Å². The average Bonchev–Trinajstić information content (AvgIpc) is 3.08. The number of nitrogens with two attached hydrogens (primary N) is 1. The molecule has 1 fully saturated rings. The molecule has 1 aromatic heterocycles. The fourth-order valence-electron chi connectivity index (χ4n) is 3.34. The van der Waals surface area contributed by atoms with E-state index >= 15 is 0 Å². The lowest BCUT2D eigenvalue weighted by atomic mass is 9.90. The van der Waals surface area contributed by atoms with E-state index in [1.54, 1.807) is 12.4 Å². The molecule has 2 atom stereocenters. The molecular weight excluding hydrogens is 290 g/mol. The Bertz CT molecular complexity index is 682. The molecule has 0 bridgehead atoms. The second-order valence-electron chi connectivity index (χ2n) is 6.26. The van der Waals surface area contributed by atoms with Crippen LogP contribution in [-0.2, 0) is 0 Å². The van der Waals surface area contributed by atoms with Gasteiger partial charge in [0.1, 0.15) is 0 Å². The molecule has 1 aliphatic heterocycles. The molecule has 1 aliphatic rings. The van der Waals surface area contributed by atoms with Gasteiger partial charge in [0.2, 0.25) is 0 Å². The average molecular weight is 313 g/mol. The fraction of sp³-hybridized carbons (Fsp3) is 0.471. The SMILES string of the molecule is Cc1ccc(C(=O)N2CCC[C@@H](C)[C@H]2CN)c(-n2nccn2)c1. The van der Waals surface area contributed by atoms with Crippen LogP contribution >= 0.6 is 0 Å².